The van der Waals surface area contributed by atoms with Crippen molar-refractivity contribution < 1.29 is 33.3 Å². The maximum atomic E-state index is 12.7. The Labute approximate surface area is 372 Å². The van der Waals surface area contributed by atoms with Gasteiger partial charge in [-0.1, -0.05) is 65.2 Å². The Morgan fingerprint density at radius 3 is 1.18 bits per heavy atom. The van der Waals surface area contributed by atoms with Crippen molar-refractivity contribution in [2.24, 2.45) is 23.7 Å². The first-order chi connectivity index (χ1) is 30.3. The van der Waals surface area contributed by atoms with Gasteiger partial charge >= 0.3 is 24.0 Å². The number of Topliss-reactive ketones (excluding diaryl/α,β-unsaturated/α-hetero) is 1. The summed E-state index contributed by atoms with van der Waals surface area (Å²) in [5.74, 6) is 3.81. The van der Waals surface area contributed by atoms with Gasteiger partial charge in [-0.05, 0) is 149 Å². The topological polar surface area (TPSA) is 140 Å². The standard InChI is InChI=1S/C51H78N4O7/c1-3-9-48(57)61-50-52-31-43(32-53-50)41-23-27-46(28-24-41)59-35-39-19-15-37(16-20-39)11-5-7-13-45(56)14-8-6-12-38-17-21-40(22-18-38)36-60-47-29-25-42(26-30-47)44-33-54-51(55-34-44)62-49(58)10-4-2/h31-34,37-42,46-47H,3-30,35-36H2,1-2H3/t37-,38?,39-,40?,41-,42-,46-,47-. The number of hydrogen-bond donors (Lipinski definition) is 0. The van der Waals surface area contributed by atoms with Crippen molar-refractivity contribution in [3.8, 4) is 12.0 Å². The van der Waals surface area contributed by atoms with Crippen LogP contribution in [0.15, 0.2) is 24.8 Å². The zero-order chi connectivity index (χ0) is 43.4. The Balaban J connectivity index is 0.712. The van der Waals surface area contributed by atoms with E-state index in [9.17, 15) is 14.4 Å². The number of esters is 2. The molecule has 4 aliphatic carbocycles. The summed E-state index contributed by atoms with van der Waals surface area (Å²) in [4.78, 5) is 53.2. The molecule has 11 nitrogen and oxygen atoms in total. The molecule has 0 N–H and O–H groups in total. The van der Waals surface area contributed by atoms with E-state index in [4.69, 9.17) is 18.9 Å². The lowest BCUT2D eigenvalue weighted by Crippen LogP contribution is -2.25. The van der Waals surface area contributed by atoms with Gasteiger partial charge in [-0.2, -0.15) is 0 Å². The summed E-state index contributed by atoms with van der Waals surface area (Å²) in [5, 5.41) is 0. The Morgan fingerprint density at radius 1 is 0.468 bits per heavy atom. The van der Waals surface area contributed by atoms with Crippen LogP contribution in [0.4, 0.5) is 0 Å². The van der Waals surface area contributed by atoms with Gasteiger partial charge in [0.15, 0.2) is 0 Å². The maximum absolute atomic E-state index is 12.7. The van der Waals surface area contributed by atoms with E-state index in [1.165, 1.54) is 77.0 Å². The minimum Gasteiger partial charge on any atom is -0.391 e. The van der Waals surface area contributed by atoms with E-state index in [1.807, 2.05) is 38.6 Å². The first-order valence-corrected chi connectivity index (χ1v) is 25.1. The molecule has 4 fully saturated rings. The van der Waals surface area contributed by atoms with E-state index in [0.717, 1.165) is 126 Å². The second-order valence-electron chi connectivity index (χ2n) is 19.5. The Kier molecular flexibility index (Phi) is 20.6. The van der Waals surface area contributed by atoms with Crippen LogP contribution in [0.2, 0.25) is 0 Å². The number of ketones is 1. The van der Waals surface area contributed by atoms with Gasteiger partial charge in [-0.25, -0.2) is 19.9 Å². The quantitative estimate of drug-likeness (QED) is 0.0736. The summed E-state index contributed by atoms with van der Waals surface area (Å²) >= 11 is 0. The number of rotatable bonds is 24. The molecule has 2 heterocycles. The maximum Gasteiger partial charge on any atom is 0.324 e. The lowest BCUT2D eigenvalue weighted by atomic mass is 9.79. The second kappa shape index (κ2) is 26.5. The van der Waals surface area contributed by atoms with Gasteiger partial charge in [0, 0.05) is 63.7 Å². The summed E-state index contributed by atoms with van der Waals surface area (Å²) < 4.78 is 23.3. The predicted octanol–water partition coefficient (Wildman–Crippen LogP) is 11.8. The van der Waals surface area contributed by atoms with E-state index >= 15 is 0 Å². The molecule has 4 aliphatic rings. The molecule has 0 spiro atoms. The van der Waals surface area contributed by atoms with Crippen molar-refractivity contribution in [2.75, 3.05) is 13.2 Å². The number of unbranched alkanes of at least 4 members (excludes halogenated alkanes) is 2. The molecule has 0 aromatic carbocycles. The van der Waals surface area contributed by atoms with Crippen LogP contribution in [-0.4, -0.2) is 63.1 Å². The van der Waals surface area contributed by atoms with Crippen LogP contribution in [-0.2, 0) is 23.9 Å². The van der Waals surface area contributed by atoms with Crippen molar-refractivity contribution in [2.45, 2.75) is 218 Å². The molecular formula is C51H78N4O7. The van der Waals surface area contributed by atoms with Crippen molar-refractivity contribution in [3.63, 3.8) is 0 Å². The molecule has 344 valence electrons. The fourth-order valence-corrected chi connectivity index (χ4v) is 10.6. The summed E-state index contributed by atoms with van der Waals surface area (Å²) in [6.45, 7) is 5.69. The first kappa shape index (κ1) is 48.2. The molecule has 0 unspecified atom stereocenters. The normalized spacial score (nSPS) is 26.7. The highest BCUT2D eigenvalue weighted by Gasteiger charge is 2.28. The van der Waals surface area contributed by atoms with Crippen LogP contribution >= 0.6 is 0 Å². The monoisotopic (exact) mass is 859 g/mol. The predicted molar refractivity (Wildman–Crippen MR) is 240 cm³/mol. The van der Waals surface area contributed by atoms with Crippen molar-refractivity contribution >= 4 is 17.7 Å². The highest BCUT2D eigenvalue weighted by Crippen LogP contribution is 2.38. The highest BCUT2D eigenvalue weighted by molar-refractivity contribution is 5.78. The van der Waals surface area contributed by atoms with Crippen LogP contribution in [0, 0.1) is 23.7 Å². The van der Waals surface area contributed by atoms with Gasteiger partial charge in [0.1, 0.15) is 5.78 Å². The third-order valence-corrected chi connectivity index (χ3v) is 14.6. The van der Waals surface area contributed by atoms with Crippen LogP contribution < -0.4 is 9.47 Å². The van der Waals surface area contributed by atoms with Crippen LogP contribution in [0.3, 0.4) is 0 Å². The average Bonchev–Trinajstić information content (AvgIpc) is 3.30. The number of hydrogen-bond acceptors (Lipinski definition) is 11. The Hall–Kier alpha value is -3.31. The number of nitrogens with zero attached hydrogens (tertiary/aromatic N) is 4. The molecule has 0 radical (unpaired) electrons. The third kappa shape index (κ3) is 16.7. The molecule has 0 atom stereocenters. The van der Waals surface area contributed by atoms with Crippen molar-refractivity contribution in [1.29, 1.82) is 0 Å². The number of carbonyl (C=O) groups is 3. The first-order valence-electron chi connectivity index (χ1n) is 25.1. The molecule has 2 aromatic heterocycles. The van der Waals surface area contributed by atoms with E-state index in [-0.39, 0.29) is 24.0 Å². The molecule has 0 saturated heterocycles. The molecule has 4 saturated carbocycles. The van der Waals surface area contributed by atoms with E-state index in [2.05, 4.69) is 19.9 Å². The molecule has 11 heteroatoms. The Morgan fingerprint density at radius 2 is 0.823 bits per heavy atom. The molecule has 0 aliphatic heterocycles. The number of aromatic nitrogens is 4. The molecular weight excluding hydrogens is 781 g/mol. The average molecular weight is 859 g/mol. The van der Waals surface area contributed by atoms with Crippen LogP contribution in [0.5, 0.6) is 12.0 Å². The SMILES string of the molecule is CCCC(=O)Oc1ncc([C@H]2CC[C@H](OCC3CCC(CCCCC(=O)CCCC[C@H]4CC[C@H](CO[C@H]5CC[C@H](c6cnc(OC(=O)CCC)nc6)CC5)CC4)CC3)CC2)cn1. The number of ether oxygens (including phenoxy) is 4. The van der Waals surface area contributed by atoms with Crippen LogP contribution in [0.1, 0.15) is 217 Å². The van der Waals surface area contributed by atoms with Gasteiger partial charge in [-0.3, -0.25) is 14.4 Å². The summed E-state index contributed by atoms with van der Waals surface area (Å²) in [7, 11) is 0. The fourth-order valence-electron chi connectivity index (χ4n) is 10.6. The zero-order valence-corrected chi connectivity index (χ0v) is 38.3. The lowest BCUT2D eigenvalue weighted by molar-refractivity contribution is -0.135. The summed E-state index contributed by atoms with van der Waals surface area (Å²) in [5.41, 5.74) is 2.25. The largest absolute Gasteiger partial charge is 0.391 e. The Bertz CT molecular complexity index is 1470. The lowest BCUT2D eigenvalue weighted by Gasteiger charge is -2.32. The van der Waals surface area contributed by atoms with Crippen molar-refractivity contribution in [3.05, 3.63) is 35.9 Å². The molecule has 0 amide bonds. The van der Waals surface area contributed by atoms with Gasteiger partial charge in [0.25, 0.3) is 0 Å². The smallest absolute Gasteiger partial charge is 0.324 e. The minimum atomic E-state index is -0.280. The summed E-state index contributed by atoms with van der Waals surface area (Å²) in [6.07, 6.45) is 37.8. The van der Waals surface area contributed by atoms with Gasteiger partial charge in [0.05, 0.1) is 12.2 Å². The van der Waals surface area contributed by atoms with Gasteiger partial charge in [0.2, 0.25) is 0 Å². The molecule has 2 aromatic rings. The van der Waals surface area contributed by atoms with Gasteiger partial charge < -0.3 is 18.9 Å². The third-order valence-electron chi connectivity index (χ3n) is 14.6. The van der Waals surface area contributed by atoms with Gasteiger partial charge in [-0.15, -0.1) is 0 Å². The van der Waals surface area contributed by atoms with E-state index < -0.39 is 0 Å². The second-order valence-corrected chi connectivity index (χ2v) is 19.5. The molecule has 6 rings (SSSR count). The minimum absolute atomic E-state index is 0.149. The number of carbonyl (C=O) groups excluding carboxylic acids is 3. The molecule has 62 heavy (non-hydrogen) atoms. The van der Waals surface area contributed by atoms with Crippen molar-refractivity contribution in [1.82, 2.24) is 19.9 Å². The summed E-state index contributed by atoms with van der Waals surface area (Å²) in [6, 6.07) is 0.299. The molecule has 0 bridgehead atoms. The van der Waals surface area contributed by atoms with E-state index in [1.54, 1.807) is 0 Å². The van der Waals surface area contributed by atoms with Crippen LogP contribution in [0.25, 0.3) is 0 Å². The highest BCUT2D eigenvalue weighted by atomic mass is 16.6. The fraction of sp³-hybridized carbons (Fsp3) is 0.784. The zero-order valence-electron chi connectivity index (χ0n) is 38.3. The van der Waals surface area contributed by atoms with E-state index in [0.29, 0.717) is 54.5 Å².